The molecule has 1 saturated heterocycles. The standard InChI is InChI=1S/C19H21N7O3/c1-11(2)14-10-28-19(27)26(14)15-6-8-21-18(23-15)22-12(3)17-24-16(25-29-17)13-5-4-7-20-9-13/h4-9,11-12,14H,10H2,1-3H3,(H,21,22,23)/t12-,14+/m0/s1. The van der Waals surface area contributed by atoms with Gasteiger partial charge in [-0.05, 0) is 31.0 Å². The van der Waals surface area contributed by atoms with Crippen LogP contribution in [-0.2, 0) is 4.74 Å². The normalized spacial score (nSPS) is 17.4. The number of aromatic nitrogens is 5. The number of carbonyl (C=O) groups excluding carboxylic acids is 1. The summed E-state index contributed by atoms with van der Waals surface area (Å²) >= 11 is 0. The Bertz CT molecular complexity index is 992. The van der Waals surface area contributed by atoms with E-state index in [1.807, 2.05) is 26.8 Å². The van der Waals surface area contributed by atoms with Gasteiger partial charge in [0.1, 0.15) is 18.5 Å². The van der Waals surface area contributed by atoms with Crippen molar-refractivity contribution in [1.29, 1.82) is 0 Å². The minimum Gasteiger partial charge on any atom is -0.447 e. The number of ether oxygens (including phenoxy) is 1. The number of cyclic esters (lactones) is 1. The first-order chi connectivity index (χ1) is 14.0. The van der Waals surface area contributed by atoms with Gasteiger partial charge in [-0.2, -0.15) is 9.97 Å². The predicted molar refractivity (Wildman–Crippen MR) is 104 cm³/mol. The Morgan fingerprint density at radius 3 is 2.83 bits per heavy atom. The van der Waals surface area contributed by atoms with Gasteiger partial charge in [-0.3, -0.25) is 9.88 Å². The van der Waals surface area contributed by atoms with Crippen molar-refractivity contribution in [3.05, 3.63) is 42.7 Å². The average molecular weight is 395 g/mol. The van der Waals surface area contributed by atoms with Crippen molar-refractivity contribution in [2.45, 2.75) is 32.9 Å². The molecular formula is C19H21N7O3. The number of nitrogens with zero attached hydrogens (tertiary/aromatic N) is 6. The Hall–Kier alpha value is -3.56. The van der Waals surface area contributed by atoms with Crippen LogP contribution in [-0.4, -0.2) is 43.8 Å². The van der Waals surface area contributed by atoms with Crippen LogP contribution in [0, 0.1) is 5.92 Å². The van der Waals surface area contributed by atoms with E-state index in [2.05, 4.69) is 30.4 Å². The monoisotopic (exact) mass is 395 g/mol. The molecule has 0 unspecified atom stereocenters. The van der Waals surface area contributed by atoms with Crippen LogP contribution in [0.15, 0.2) is 41.3 Å². The summed E-state index contributed by atoms with van der Waals surface area (Å²) < 4.78 is 10.6. The second kappa shape index (κ2) is 7.82. The molecule has 4 heterocycles. The highest BCUT2D eigenvalue weighted by Crippen LogP contribution is 2.26. The Balaban J connectivity index is 1.51. The van der Waals surface area contributed by atoms with Crippen molar-refractivity contribution < 1.29 is 14.1 Å². The third-order valence-electron chi connectivity index (χ3n) is 4.64. The molecule has 0 radical (unpaired) electrons. The molecule has 1 amide bonds. The van der Waals surface area contributed by atoms with Gasteiger partial charge in [-0.1, -0.05) is 19.0 Å². The van der Waals surface area contributed by atoms with Crippen molar-refractivity contribution in [1.82, 2.24) is 25.1 Å². The Kier molecular flexibility index (Phi) is 5.07. The van der Waals surface area contributed by atoms with E-state index in [1.165, 1.54) is 0 Å². The Morgan fingerprint density at radius 2 is 2.07 bits per heavy atom. The van der Waals surface area contributed by atoms with E-state index in [1.54, 1.807) is 35.6 Å². The molecule has 10 nitrogen and oxygen atoms in total. The predicted octanol–water partition coefficient (Wildman–Crippen LogP) is 3.08. The zero-order valence-corrected chi connectivity index (χ0v) is 16.3. The minimum absolute atomic E-state index is 0.0688. The molecule has 150 valence electrons. The largest absolute Gasteiger partial charge is 0.447 e. The molecule has 3 aromatic heterocycles. The number of anilines is 2. The van der Waals surface area contributed by atoms with Gasteiger partial charge in [0, 0.05) is 24.2 Å². The molecule has 3 aromatic rings. The number of nitrogens with one attached hydrogen (secondary N) is 1. The Morgan fingerprint density at radius 1 is 1.21 bits per heavy atom. The number of rotatable bonds is 6. The summed E-state index contributed by atoms with van der Waals surface area (Å²) in [7, 11) is 0. The maximum atomic E-state index is 12.2. The van der Waals surface area contributed by atoms with E-state index in [4.69, 9.17) is 9.26 Å². The lowest BCUT2D eigenvalue weighted by molar-refractivity contribution is 0.177. The molecule has 10 heteroatoms. The van der Waals surface area contributed by atoms with Crippen molar-refractivity contribution in [2.75, 3.05) is 16.8 Å². The van der Waals surface area contributed by atoms with Gasteiger partial charge >= 0.3 is 6.09 Å². The average Bonchev–Trinajstić information content (AvgIpc) is 3.36. The van der Waals surface area contributed by atoms with Crippen LogP contribution < -0.4 is 10.2 Å². The molecular weight excluding hydrogens is 374 g/mol. The second-order valence-corrected chi connectivity index (χ2v) is 7.06. The highest BCUT2D eigenvalue weighted by Gasteiger charge is 2.37. The maximum Gasteiger partial charge on any atom is 0.415 e. The number of amides is 1. The third kappa shape index (κ3) is 3.86. The van der Waals surface area contributed by atoms with Gasteiger partial charge in [-0.25, -0.2) is 9.78 Å². The van der Waals surface area contributed by atoms with E-state index in [0.29, 0.717) is 30.1 Å². The highest BCUT2D eigenvalue weighted by atomic mass is 16.6. The van der Waals surface area contributed by atoms with Gasteiger partial charge in [0.25, 0.3) is 0 Å². The molecule has 0 aliphatic carbocycles. The molecule has 0 aromatic carbocycles. The van der Waals surface area contributed by atoms with Crippen molar-refractivity contribution in [3.8, 4) is 11.4 Å². The van der Waals surface area contributed by atoms with E-state index in [-0.39, 0.29) is 18.0 Å². The topological polar surface area (TPSA) is 119 Å². The fourth-order valence-electron chi connectivity index (χ4n) is 3.02. The second-order valence-electron chi connectivity index (χ2n) is 7.06. The molecule has 1 N–H and O–H groups in total. The number of hydrogen-bond acceptors (Lipinski definition) is 9. The summed E-state index contributed by atoms with van der Waals surface area (Å²) in [5.74, 6) is 1.90. The zero-order chi connectivity index (χ0) is 20.4. The summed E-state index contributed by atoms with van der Waals surface area (Å²) in [5.41, 5.74) is 0.764. The minimum atomic E-state index is -0.403. The first kappa shape index (κ1) is 18.8. The number of hydrogen-bond donors (Lipinski definition) is 1. The van der Waals surface area contributed by atoms with Crippen molar-refractivity contribution in [3.63, 3.8) is 0 Å². The van der Waals surface area contributed by atoms with Crippen LogP contribution in [0.2, 0.25) is 0 Å². The van der Waals surface area contributed by atoms with Crippen LogP contribution in [0.4, 0.5) is 16.6 Å². The number of pyridine rings is 1. The lowest BCUT2D eigenvalue weighted by Crippen LogP contribution is -2.37. The summed E-state index contributed by atoms with van der Waals surface area (Å²) in [4.78, 5) is 30.9. The van der Waals surface area contributed by atoms with Crippen molar-refractivity contribution >= 4 is 17.9 Å². The van der Waals surface area contributed by atoms with E-state index in [9.17, 15) is 4.79 Å². The Labute approximate surface area is 167 Å². The summed E-state index contributed by atoms with van der Waals surface area (Å²) in [6, 6.07) is 4.94. The molecule has 0 saturated carbocycles. The fourth-order valence-corrected chi connectivity index (χ4v) is 3.02. The highest BCUT2D eigenvalue weighted by molar-refractivity contribution is 5.89. The molecule has 1 fully saturated rings. The zero-order valence-electron chi connectivity index (χ0n) is 16.3. The SMILES string of the molecule is CC(C)[C@H]1COC(=O)N1c1ccnc(N[C@@H](C)c2nc(-c3cccnc3)no2)n1. The summed E-state index contributed by atoms with van der Waals surface area (Å²) in [5, 5.41) is 7.13. The number of carbonyl (C=O) groups is 1. The van der Waals surface area contributed by atoms with E-state index >= 15 is 0 Å². The first-order valence-electron chi connectivity index (χ1n) is 9.32. The molecule has 2 atom stereocenters. The van der Waals surface area contributed by atoms with Gasteiger partial charge in [0.2, 0.25) is 17.7 Å². The lowest BCUT2D eigenvalue weighted by atomic mass is 10.0. The van der Waals surface area contributed by atoms with Gasteiger partial charge < -0.3 is 14.6 Å². The van der Waals surface area contributed by atoms with E-state index < -0.39 is 6.09 Å². The van der Waals surface area contributed by atoms with Gasteiger partial charge in [0.05, 0.1) is 6.04 Å². The molecule has 1 aliphatic heterocycles. The van der Waals surface area contributed by atoms with Crippen LogP contribution in [0.1, 0.15) is 32.7 Å². The molecule has 0 bridgehead atoms. The van der Waals surface area contributed by atoms with Gasteiger partial charge in [-0.15, -0.1) is 0 Å². The van der Waals surface area contributed by atoms with Crippen molar-refractivity contribution in [2.24, 2.45) is 5.92 Å². The maximum absolute atomic E-state index is 12.2. The van der Waals surface area contributed by atoms with Crippen LogP contribution in [0.3, 0.4) is 0 Å². The molecule has 0 spiro atoms. The first-order valence-corrected chi connectivity index (χ1v) is 9.32. The lowest BCUT2D eigenvalue weighted by Gasteiger charge is -2.23. The third-order valence-corrected chi connectivity index (χ3v) is 4.64. The molecule has 29 heavy (non-hydrogen) atoms. The van der Waals surface area contributed by atoms with Crippen LogP contribution in [0.5, 0.6) is 0 Å². The summed E-state index contributed by atoms with van der Waals surface area (Å²) in [6.07, 6.45) is 4.54. The van der Waals surface area contributed by atoms with Crippen LogP contribution in [0.25, 0.3) is 11.4 Å². The van der Waals surface area contributed by atoms with Gasteiger partial charge in [0.15, 0.2) is 0 Å². The smallest absolute Gasteiger partial charge is 0.415 e. The molecule has 1 aliphatic rings. The molecule has 4 rings (SSSR count). The quantitative estimate of drug-likeness (QED) is 0.671. The summed E-state index contributed by atoms with van der Waals surface area (Å²) in [6.45, 7) is 6.28. The van der Waals surface area contributed by atoms with E-state index in [0.717, 1.165) is 5.56 Å². The van der Waals surface area contributed by atoms with Crippen LogP contribution >= 0.6 is 0 Å². The fraction of sp³-hybridized carbons (Fsp3) is 0.368.